The SMILES string of the molecule is Brc1cc(-c2cc(-c3ccc(-c4ccncc4)cc3)nc(-c3ccc(-c4ccncc4)cc3)n2)cc(-c2cccc3ncccc23)c1. The molecule has 47 heavy (non-hydrogen) atoms. The molecule has 0 aliphatic carbocycles. The van der Waals surface area contributed by atoms with E-state index < -0.39 is 0 Å². The minimum absolute atomic E-state index is 0.660. The third-order valence-electron chi connectivity index (χ3n) is 8.23. The molecule has 0 amide bonds. The number of hydrogen-bond donors (Lipinski definition) is 0. The summed E-state index contributed by atoms with van der Waals surface area (Å²) in [5, 5.41) is 1.10. The van der Waals surface area contributed by atoms with Gasteiger partial charge in [0.05, 0.1) is 16.9 Å². The van der Waals surface area contributed by atoms with Crippen molar-refractivity contribution >= 4 is 26.8 Å². The third-order valence-corrected chi connectivity index (χ3v) is 8.69. The van der Waals surface area contributed by atoms with E-state index in [1.165, 1.54) is 0 Å². The highest BCUT2D eigenvalue weighted by Gasteiger charge is 2.14. The standard InChI is InChI=1S/C41H26BrN5/c42-35-24-33(36-3-1-5-38-37(36)4-2-18-45-38)23-34(25-35)40-26-39(31-10-6-27(7-11-31)29-14-19-43-20-15-29)46-41(47-40)32-12-8-28(9-13-32)30-16-21-44-22-17-30/h1-26H. The van der Waals surface area contributed by atoms with Gasteiger partial charge >= 0.3 is 0 Å². The maximum atomic E-state index is 5.14. The van der Waals surface area contributed by atoms with Crippen LogP contribution in [-0.2, 0) is 0 Å². The summed E-state index contributed by atoms with van der Waals surface area (Å²) in [4.78, 5) is 23.1. The highest BCUT2D eigenvalue weighted by Crippen LogP contribution is 2.36. The minimum Gasteiger partial charge on any atom is -0.265 e. The normalized spacial score (nSPS) is 11.1. The van der Waals surface area contributed by atoms with E-state index in [1.807, 2.05) is 67.4 Å². The second kappa shape index (κ2) is 12.5. The minimum atomic E-state index is 0.660. The van der Waals surface area contributed by atoms with E-state index in [1.54, 1.807) is 0 Å². The van der Waals surface area contributed by atoms with Gasteiger partial charge in [0.1, 0.15) is 0 Å². The van der Waals surface area contributed by atoms with Crippen molar-refractivity contribution in [3.8, 4) is 67.3 Å². The van der Waals surface area contributed by atoms with Crippen molar-refractivity contribution in [2.24, 2.45) is 0 Å². The van der Waals surface area contributed by atoms with E-state index in [-0.39, 0.29) is 0 Å². The molecule has 0 saturated heterocycles. The smallest absolute Gasteiger partial charge is 0.160 e. The number of aromatic nitrogens is 5. The van der Waals surface area contributed by atoms with E-state index in [4.69, 9.17) is 9.97 Å². The van der Waals surface area contributed by atoms with Crippen molar-refractivity contribution in [1.82, 2.24) is 24.9 Å². The van der Waals surface area contributed by atoms with Gasteiger partial charge in [-0.05, 0) is 94.0 Å². The maximum absolute atomic E-state index is 5.14. The molecule has 0 unspecified atom stereocenters. The number of rotatable bonds is 6. The van der Waals surface area contributed by atoms with Gasteiger partial charge < -0.3 is 0 Å². The van der Waals surface area contributed by atoms with Gasteiger partial charge in [-0.1, -0.05) is 82.7 Å². The lowest BCUT2D eigenvalue weighted by Crippen LogP contribution is -1.96. The summed E-state index contributed by atoms with van der Waals surface area (Å²) in [7, 11) is 0. The van der Waals surface area contributed by atoms with Crippen LogP contribution in [0.5, 0.6) is 0 Å². The van der Waals surface area contributed by atoms with Gasteiger partial charge in [0.25, 0.3) is 0 Å². The molecule has 0 aliphatic rings. The second-order valence-corrected chi connectivity index (χ2v) is 12.1. The van der Waals surface area contributed by atoms with Crippen LogP contribution in [0.1, 0.15) is 0 Å². The monoisotopic (exact) mass is 667 g/mol. The van der Waals surface area contributed by atoms with Crippen LogP contribution in [0.4, 0.5) is 0 Å². The summed E-state index contributed by atoms with van der Waals surface area (Å²) in [5.41, 5.74) is 12.2. The molecule has 4 aromatic carbocycles. The van der Waals surface area contributed by atoms with E-state index in [0.717, 1.165) is 76.8 Å². The van der Waals surface area contributed by atoms with Crippen LogP contribution >= 0.6 is 15.9 Å². The molecule has 0 aliphatic heterocycles. The molecule has 4 aromatic heterocycles. The highest BCUT2D eigenvalue weighted by molar-refractivity contribution is 9.10. The van der Waals surface area contributed by atoms with Gasteiger partial charge in [-0.15, -0.1) is 0 Å². The molecule has 0 bridgehead atoms. The van der Waals surface area contributed by atoms with Crippen molar-refractivity contribution in [2.75, 3.05) is 0 Å². The topological polar surface area (TPSA) is 64.5 Å². The van der Waals surface area contributed by atoms with E-state index in [0.29, 0.717) is 5.82 Å². The van der Waals surface area contributed by atoms with Gasteiger partial charge in [-0.2, -0.15) is 0 Å². The Hall–Kier alpha value is -5.85. The van der Waals surface area contributed by atoms with Crippen LogP contribution in [0.3, 0.4) is 0 Å². The average molecular weight is 669 g/mol. The largest absolute Gasteiger partial charge is 0.265 e. The number of fused-ring (bicyclic) bond motifs is 1. The Morgan fingerprint density at radius 2 is 0.957 bits per heavy atom. The molecule has 0 fully saturated rings. The molecular weight excluding hydrogens is 642 g/mol. The van der Waals surface area contributed by atoms with Crippen molar-refractivity contribution in [1.29, 1.82) is 0 Å². The van der Waals surface area contributed by atoms with E-state index in [9.17, 15) is 0 Å². The summed E-state index contributed by atoms with van der Waals surface area (Å²) in [6.07, 6.45) is 9.07. The summed E-state index contributed by atoms with van der Waals surface area (Å²) in [6, 6.07) is 43.8. The molecule has 0 spiro atoms. The Morgan fingerprint density at radius 3 is 1.62 bits per heavy atom. The fraction of sp³-hybridized carbons (Fsp3) is 0. The Morgan fingerprint density at radius 1 is 0.404 bits per heavy atom. The zero-order chi connectivity index (χ0) is 31.6. The summed E-state index contributed by atoms with van der Waals surface area (Å²) in [5.74, 6) is 0.660. The fourth-order valence-electron chi connectivity index (χ4n) is 5.85. The third kappa shape index (κ3) is 5.94. The van der Waals surface area contributed by atoms with Gasteiger partial charge in [0, 0.05) is 57.5 Å². The molecular formula is C41H26BrN5. The number of benzene rings is 4. The molecule has 0 saturated carbocycles. The first-order chi connectivity index (χ1) is 23.2. The number of halogens is 1. The summed E-state index contributed by atoms with van der Waals surface area (Å²) in [6.45, 7) is 0. The first-order valence-corrected chi connectivity index (χ1v) is 16.0. The molecule has 0 N–H and O–H groups in total. The Kier molecular flexibility index (Phi) is 7.61. The van der Waals surface area contributed by atoms with Gasteiger partial charge in [-0.3, -0.25) is 15.0 Å². The lowest BCUT2D eigenvalue weighted by Gasteiger charge is -2.13. The second-order valence-electron chi connectivity index (χ2n) is 11.2. The molecule has 0 atom stereocenters. The van der Waals surface area contributed by atoms with Crippen LogP contribution < -0.4 is 0 Å². The molecule has 4 heterocycles. The molecule has 6 heteroatoms. The zero-order valence-corrected chi connectivity index (χ0v) is 26.7. The Balaban J connectivity index is 1.25. The van der Waals surface area contributed by atoms with Gasteiger partial charge in [0.2, 0.25) is 0 Å². The number of pyridine rings is 3. The molecule has 8 aromatic rings. The van der Waals surface area contributed by atoms with Crippen LogP contribution in [0, 0.1) is 0 Å². The van der Waals surface area contributed by atoms with Crippen LogP contribution in [0.25, 0.3) is 78.2 Å². The Labute approximate surface area is 280 Å². The average Bonchev–Trinajstić information content (AvgIpc) is 3.15. The predicted octanol–water partition coefficient (Wildman–Crippen LogP) is 10.6. The summed E-state index contributed by atoms with van der Waals surface area (Å²) >= 11 is 3.79. The molecule has 222 valence electrons. The van der Waals surface area contributed by atoms with Crippen molar-refractivity contribution in [3.05, 3.63) is 163 Å². The van der Waals surface area contributed by atoms with Gasteiger partial charge in [-0.25, -0.2) is 9.97 Å². The lowest BCUT2D eigenvalue weighted by atomic mass is 9.97. The molecule has 0 radical (unpaired) electrons. The van der Waals surface area contributed by atoms with Crippen LogP contribution in [0.15, 0.2) is 163 Å². The maximum Gasteiger partial charge on any atom is 0.160 e. The van der Waals surface area contributed by atoms with Crippen LogP contribution in [0.2, 0.25) is 0 Å². The first-order valence-electron chi connectivity index (χ1n) is 15.2. The number of hydrogen-bond acceptors (Lipinski definition) is 5. The number of nitrogens with zero attached hydrogens (tertiary/aromatic N) is 5. The fourth-order valence-corrected chi connectivity index (χ4v) is 6.35. The molecule has 8 rings (SSSR count). The molecule has 5 nitrogen and oxygen atoms in total. The van der Waals surface area contributed by atoms with Crippen molar-refractivity contribution < 1.29 is 0 Å². The van der Waals surface area contributed by atoms with E-state index in [2.05, 4.69) is 122 Å². The zero-order valence-electron chi connectivity index (χ0n) is 25.1. The lowest BCUT2D eigenvalue weighted by molar-refractivity contribution is 1.18. The quantitative estimate of drug-likeness (QED) is 0.176. The first kappa shape index (κ1) is 28.6. The van der Waals surface area contributed by atoms with Gasteiger partial charge in [0.15, 0.2) is 5.82 Å². The van der Waals surface area contributed by atoms with Crippen molar-refractivity contribution in [2.45, 2.75) is 0 Å². The van der Waals surface area contributed by atoms with E-state index >= 15 is 0 Å². The summed E-state index contributed by atoms with van der Waals surface area (Å²) < 4.78 is 0.969. The van der Waals surface area contributed by atoms with Crippen LogP contribution in [-0.4, -0.2) is 24.9 Å². The predicted molar refractivity (Wildman–Crippen MR) is 193 cm³/mol. The Bertz CT molecular complexity index is 2230. The highest BCUT2D eigenvalue weighted by atomic mass is 79.9. The van der Waals surface area contributed by atoms with Crippen molar-refractivity contribution in [3.63, 3.8) is 0 Å².